The summed E-state index contributed by atoms with van der Waals surface area (Å²) < 4.78 is 0. The Balaban J connectivity index is 3.20. The average Bonchev–Trinajstić information content (AvgIpc) is 2.10. The summed E-state index contributed by atoms with van der Waals surface area (Å²) in [6.45, 7) is 0. The normalized spacial score (nSPS) is 8.89. The van der Waals surface area contributed by atoms with E-state index in [2.05, 4.69) is 17.6 Å². The predicted octanol–water partition coefficient (Wildman–Crippen LogP) is -0.0311. The van der Waals surface area contributed by atoms with Crippen molar-refractivity contribution < 1.29 is 0 Å². The van der Waals surface area contributed by atoms with Gasteiger partial charge in [-0.1, -0.05) is 0 Å². The molecule has 0 aliphatic carbocycles. The SMILES string of the molecule is [B]c1cc(C#N)c(S)[nH]1. The quantitative estimate of drug-likeness (QED) is 0.379. The molecule has 1 aromatic heterocycles. The van der Waals surface area contributed by atoms with Gasteiger partial charge in [0.15, 0.2) is 0 Å². The topological polar surface area (TPSA) is 39.6 Å². The number of H-pyrrole nitrogens is 1. The summed E-state index contributed by atoms with van der Waals surface area (Å²) in [6, 6.07) is 3.47. The molecule has 42 valence electrons. The third-order valence-corrected chi connectivity index (χ3v) is 1.29. The first-order chi connectivity index (χ1) is 4.24. The van der Waals surface area contributed by atoms with Crippen LogP contribution in [0.25, 0.3) is 0 Å². The maximum absolute atomic E-state index is 8.36. The van der Waals surface area contributed by atoms with Crippen LogP contribution in [0.5, 0.6) is 0 Å². The molecule has 4 heteroatoms. The average molecular weight is 134 g/mol. The van der Waals surface area contributed by atoms with Crippen LogP contribution in [0.2, 0.25) is 0 Å². The zero-order valence-corrected chi connectivity index (χ0v) is 5.44. The molecule has 0 amide bonds. The van der Waals surface area contributed by atoms with Gasteiger partial charge in [-0.2, -0.15) is 5.26 Å². The van der Waals surface area contributed by atoms with Crippen molar-refractivity contribution >= 4 is 26.1 Å². The molecule has 0 aliphatic heterocycles. The largest absolute Gasteiger partial charge is 0.363 e. The second-order valence-corrected chi connectivity index (χ2v) is 2.05. The van der Waals surface area contributed by atoms with Crippen LogP contribution in [0, 0.1) is 11.3 Å². The van der Waals surface area contributed by atoms with Crippen LogP contribution in [0.15, 0.2) is 11.1 Å². The summed E-state index contributed by atoms with van der Waals surface area (Å²) in [5, 5.41) is 8.88. The number of thiol groups is 1. The van der Waals surface area contributed by atoms with Crippen LogP contribution in [-0.4, -0.2) is 12.8 Å². The zero-order valence-electron chi connectivity index (χ0n) is 4.55. The molecule has 1 rings (SSSR count). The van der Waals surface area contributed by atoms with Gasteiger partial charge in [-0.3, -0.25) is 0 Å². The highest BCUT2D eigenvalue weighted by molar-refractivity contribution is 7.80. The van der Waals surface area contributed by atoms with E-state index in [1.807, 2.05) is 6.07 Å². The van der Waals surface area contributed by atoms with Crippen molar-refractivity contribution in [2.45, 2.75) is 5.03 Å². The number of hydrogen-bond donors (Lipinski definition) is 2. The summed E-state index contributed by atoms with van der Waals surface area (Å²) in [7, 11) is 5.30. The Labute approximate surface area is 59.7 Å². The molecule has 0 atom stereocenters. The number of aromatic nitrogens is 1. The number of aromatic amines is 1. The molecule has 0 bridgehead atoms. The Kier molecular flexibility index (Phi) is 1.54. The lowest BCUT2D eigenvalue weighted by molar-refractivity contribution is 1.22. The zero-order chi connectivity index (χ0) is 6.85. The third kappa shape index (κ3) is 1.11. The minimum Gasteiger partial charge on any atom is -0.363 e. The van der Waals surface area contributed by atoms with Gasteiger partial charge in [-0.05, 0) is 11.7 Å². The molecular formula is C5H3BN2S. The molecule has 0 fully saturated rings. The van der Waals surface area contributed by atoms with E-state index < -0.39 is 0 Å². The van der Waals surface area contributed by atoms with Gasteiger partial charge in [0.05, 0.1) is 10.6 Å². The first kappa shape index (κ1) is 6.31. The first-order valence-corrected chi connectivity index (χ1v) is 2.76. The van der Waals surface area contributed by atoms with Gasteiger partial charge >= 0.3 is 0 Å². The molecule has 9 heavy (non-hydrogen) atoms. The molecule has 0 saturated heterocycles. The Bertz CT molecular complexity index is 260. The van der Waals surface area contributed by atoms with E-state index in [1.54, 1.807) is 6.07 Å². The van der Waals surface area contributed by atoms with Crippen LogP contribution in [0.4, 0.5) is 0 Å². The standard InChI is InChI=1S/C5H3BN2S/c6-4-1-3(2-7)5(9)8-4/h1,8-9H. The molecular weight excluding hydrogens is 131 g/mol. The summed E-state index contributed by atoms with van der Waals surface area (Å²) in [5.41, 5.74) is 0.951. The minimum absolute atomic E-state index is 0.469. The second-order valence-electron chi connectivity index (χ2n) is 1.60. The maximum Gasteiger partial charge on any atom is 0.138 e. The monoisotopic (exact) mass is 134 g/mol. The fourth-order valence-corrected chi connectivity index (χ4v) is 0.793. The van der Waals surface area contributed by atoms with E-state index in [4.69, 9.17) is 13.1 Å². The van der Waals surface area contributed by atoms with Gasteiger partial charge < -0.3 is 4.98 Å². The number of nitrogens with zero attached hydrogens (tertiary/aromatic N) is 1. The number of rotatable bonds is 0. The van der Waals surface area contributed by atoms with Crippen molar-refractivity contribution in [1.82, 2.24) is 4.98 Å². The van der Waals surface area contributed by atoms with Crippen molar-refractivity contribution in [2.75, 3.05) is 0 Å². The summed E-state index contributed by atoms with van der Waals surface area (Å²) >= 11 is 3.94. The lowest BCUT2D eigenvalue weighted by atomic mass is 10.1. The second kappa shape index (κ2) is 2.20. The molecule has 0 saturated carbocycles. The van der Waals surface area contributed by atoms with Crippen LogP contribution in [0.1, 0.15) is 5.56 Å². The Morgan fingerprint density at radius 1 is 1.78 bits per heavy atom. The van der Waals surface area contributed by atoms with Gasteiger partial charge in [0, 0.05) is 0 Å². The smallest absolute Gasteiger partial charge is 0.138 e. The molecule has 2 radical (unpaired) electrons. The number of hydrogen-bond acceptors (Lipinski definition) is 2. The molecule has 1 N–H and O–H groups in total. The first-order valence-electron chi connectivity index (χ1n) is 2.31. The Morgan fingerprint density at radius 2 is 2.44 bits per heavy atom. The summed E-state index contributed by atoms with van der Waals surface area (Å²) in [6.07, 6.45) is 0. The van der Waals surface area contributed by atoms with Crippen molar-refractivity contribution in [3.8, 4) is 6.07 Å². The van der Waals surface area contributed by atoms with Crippen molar-refractivity contribution in [1.29, 1.82) is 5.26 Å². The number of nitriles is 1. The Morgan fingerprint density at radius 3 is 2.67 bits per heavy atom. The van der Waals surface area contributed by atoms with E-state index in [0.717, 1.165) is 0 Å². The molecule has 0 unspecified atom stereocenters. The van der Waals surface area contributed by atoms with Gasteiger partial charge in [0.25, 0.3) is 0 Å². The Hall–Kier alpha value is -0.815. The van der Waals surface area contributed by atoms with Gasteiger partial charge in [0.2, 0.25) is 0 Å². The maximum atomic E-state index is 8.36. The van der Waals surface area contributed by atoms with E-state index in [1.165, 1.54) is 0 Å². The lowest BCUT2D eigenvalue weighted by Gasteiger charge is -1.79. The fraction of sp³-hybridized carbons (Fsp3) is 0. The van der Waals surface area contributed by atoms with Crippen LogP contribution >= 0.6 is 12.6 Å². The molecule has 1 heterocycles. The van der Waals surface area contributed by atoms with Crippen molar-refractivity contribution in [3.63, 3.8) is 0 Å². The van der Waals surface area contributed by atoms with E-state index in [9.17, 15) is 0 Å². The summed E-state index contributed by atoms with van der Waals surface area (Å²) in [4.78, 5) is 2.68. The molecule has 0 aliphatic rings. The number of nitrogens with one attached hydrogen (secondary N) is 1. The van der Waals surface area contributed by atoms with Gasteiger partial charge in [0.1, 0.15) is 13.9 Å². The van der Waals surface area contributed by atoms with E-state index >= 15 is 0 Å². The van der Waals surface area contributed by atoms with Crippen molar-refractivity contribution in [2.24, 2.45) is 0 Å². The highest BCUT2D eigenvalue weighted by atomic mass is 32.1. The van der Waals surface area contributed by atoms with Gasteiger partial charge in [-0.15, -0.1) is 12.6 Å². The van der Waals surface area contributed by atoms with Gasteiger partial charge in [-0.25, -0.2) is 0 Å². The predicted molar refractivity (Wildman–Crippen MR) is 38.1 cm³/mol. The molecule has 0 aromatic carbocycles. The fourth-order valence-electron chi connectivity index (χ4n) is 0.549. The van der Waals surface area contributed by atoms with Crippen LogP contribution in [0.3, 0.4) is 0 Å². The lowest BCUT2D eigenvalue weighted by Crippen LogP contribution is -1.99. The molecule has 0 spiro atoms. The van der Waals surface area contributed by atoms with Crippen LogP contribution in [-0.2, 0) is 0 Å². The molecule has 1 aromatic rings. The van der Waals surface area contributed by atoms with E-state index in [-0.39, 0.29) is 0 Å². The van der Waals surface area contributed by atoms with Crippen molar-refractivity contribution in [3.05, 3.63) is 11.6 Å². The third-order valence-electron chi connectivity index (χ3n) is 0.938. The molecule has 2 nitrogen and oxygen atoms in total. The van der Waals surface area contributed by atoms with E-state index in [0.29, 0.717) is 16.2 Å². The van der Waals surface area contributed by atoms with Crippen LogP contribution < -0.4 is 5.59 Å². The highest BCUT2D eigenvalue weighted by Crippen LogP contribution is 2.05. The highest BCUT2D eigenvalue weighted by Gasteiger charge is 1.98. The summed E-state index contributed by atoms with van der Waals surface area (Å²) in [5.74, 6) is 0. The minimum atomic E-state index is 0.469.